The molecule has 1 aromatic rings. The van der Waals surface area contributed by atoms with Gasteiger partial charge in [0.15, 0.2) is 5.96 Å². The van der Waals surface area contributed by atoms with Crippen LogP contribution in [0.25, 0.3) is 0 Å². The molecule has 3 aliphatic rings. The van der Waals surface area contributed by atoms with Crippen molar-refractivity contribution in [3.63, 3.8) is 0 Å². The molecule has 9 heteroatoms. The lowest BCUT2D eigenvalue weighted by molar-refractivity contribution is -0.137. The standard InChI is InChI=1S/C17H24F3N5.HI/c1-21-16(23-11-15-12-24-6-8-25(15)9-7-24)22-10-13-2-4-14(5-3-13)17(18,19)20;/h2-5,15H,6-12H2,1H3,(H2,21,22,23);1H. The number of halogens is 4. The van der Waals surface area contributed by atoms with Crippen LogP contribution in [0, 0.1) is 0 Å². The first kappa shape index (κ1) is 21.2. The molecule has 0 saturated carbocycles. The number of piperazine rings is 3. The van der Waals surface area contributed by atoms with Gasteiger partial charge in [0.1, 0.15) is 0 Å². The molecule has 1 atom stereocenters. The second kappa shape index (κ2) is 9.23. The lowest BCUT2D eigenvalue weighted by atomic mass is 10.1. The van der Waals surface area contributed by atoms with Crippen LogP contribution >= 0.6 is 24.0 Å². The van der Waals surface area contributed by atoms with Gasteiger partial charge in [0.05, 0.1) is 5.56 Å². The van der Waals surface area contributed by atoms with Crippen molar-refractivity contribution in [2.75, 3.05) is 46.3 Å². The summed E-state index contributed by atoms with van der Waals surface area (Å²) in [7, 11) is 1.69. The van der Waals surface area contributed by atoms with E-state index in [-0.39, 0.29) is 24.0 Å². The average Bonchev–Trinajstić information content (AvgIpc) is 2.62. The monoisotopic (exact) mass is 483 g/mol. The summed E-state index contributed by atoms with van der Waals surface area (Å²) in [6.07, 6.45) is -4.30. The van der Waals surface area contributed by atoms with E-state index in [0.29, 0.717) is 18.5 Å². The molecule has 0 aromatic heterocycles. The Bertz CT molecular complexity index is 597. The minimum absolute atomic E-state index is 0. The Labute approximate surface area is 169 Å². The fourth-order valence-electron chi connectivity index (χ4n) is 3.35. The van der Waals surface area contributed by atoms with Crippen LogP contribution in [0.5, 0.6) is 0 Å². The third-order valence-corrected chi connectivity index (χ3v) is 4.86. The van der Waals surface area contributed by atoms with Crippen LogP contribution in [0.3, 0.4) is 0 Å². The third kappa shape index (κ3) is 5.46. The van der Waals surface area contributed by atoms with Crippen LogP contribution < -0.4 is 10.6 Å². The van der Waals surface area contributed by atoms with Gasteiger partial charge in [0, 0.05) is 58.9 Å². The Morgan fingerprint density at radius 1 is 1.12 bits per heavy atom. The van der Waals surface area contributed by atoms with E-state index in [9.17, 15) is 13.2 Å². The van der Waals surface area contributed by atoms with Gasteiger partial charge in [0.2, 0.25) is 0 Å². The molecule has 146 valence electrons. The minimum atomic E-state index is -4.30. The molecule has 3 fully saturated rings. The Morgan fingerprint density at radius 2 is 1.77 bits per heavy atom. The minimum Gasteiger partial charge on any atom is -0.355 e. The largest absolute Gasteiger partial charge is 0.416 e. The predicted molar refractivity (Wildman–Crippen MR) is 107 cm³/mol. The third-order valence-electron chi connectivity index (χ3n) is 4.86. The highest BCUT2D eigenvalue weighted by Gasteiger charge is 2.31. The van der Waals surface area contributed by atoms with Crippen molar-refractivity contribution in [1.29, 1.82) is 0 Å². The van der Waals surface area contributed by atoms with Crippen LogP contribution in [0.15, 0.2) is 29.3 Å². The molecule has 2 bridgehead atoms. The molecule has 3 heterocycles. The molecule has 0 spiro atoms. The number of fused-ring (bicyclic) bond motifs is 3. The number of rotatable bonds is 4. The van der Waals surface area contributed by atoms with Gasteiger partial charge < -0.3 is 10.6 Å². The van der Waals surface area contributed by atoms with Crippen molar-refractivity contribution in [2.24, 2.45) is 4.99 Å². The molecular weight excluding hydrogens is 458 g/mol. The smallest absolute Gasteiger partial charge is 0.355 e. The van der Waals surface area contributed by atoms with E-state index >= 15 is 0 Å². The fraction of sp³-hybridized carbons (Fsp3) is 0.588. The Hall–Kier alpha value is -1.07. The van der Waals surface area contributed by atoms with E-state index in [0.717, 1.165) is 57.0 Å². The SMILES string of the molecule is CN=C(NCc1ccc(C(F)(F)F)cc1)NCC1CN2CCN1CC2.I. The van der Waals surface area contributed by atoms with Crippen molar-refractivity contribution in [2.45, 2.75) is 18.8 Å². The topological polar surface area (TPSA) is 42.9 Å². The van der Waals surface area contributed by atoms with Crippen LogP contribution in [0.4, 0.5) is 13.2 Å². The van der Waals surface area contributed by atoms with Gasteiger partial charge in [0.25, 0.3) is 0 Å². The van der Waals surface area contributed by atoms with Gasteiger partial charge in [-0.3, -0.25) is 14.8 Å². The van der Waals surface area contributed by atoms with Crippen molar-refractivity contribution in [1.82, 2.24) is 20.4 Å². The first-order valence-electron chi connectivity index (χ1n) is 8.53. The number of nitrogens with zero attached hydrogens (tertiary/aromatic N) is 3. The maximum Gasteiger partial charge on any atom is 0.416 e. The van der Waals surface area contributed by atoms with E-state index in [1.807, 2.05) is 0 Å². The van der Waals surface area contributed by atoms with Gasteiger partial charge in [-0.05, 0) is 17.7 Å². The number of hydrogen-bond donors (Lipinski definition) is 2. The molecule has 1 unspecified atom stereocenters. The molecule has 1 aromatic carbocycles. The van der Waals surface area contributed by atoms with Gasteiger partial charge >= 0.3 is 6.18 Å². The zero-order chi connectivity index (χ0) is 17.9. The second-order valence-electron chi connectivity index (χ2n) is 6.49. The lowest BCUT2D eigenvalue weighted by Gasteiger charge is -2.47. The van der Waals surface area contributed by atoms with Gasteiger partial charge in [-0.25, -0.2) is 0 Å². The maximum atomic E-state index is 12.6. The van der Waals surface area contributed by atoms with E-state index in [1.165, 1.54) is 12.1 Å². The molecule has 5 nitrogen and oxygen atoms in total. The Morgan fingerprint density at radius 3 is 2.27 bits per heavy atom. The first-order chi connectivity index (χ1) is 12.0. The van der Waals surface area contributed by atoms with Crippen LogP contribution in [-0.2, 0) is 12.7 Å². The molecule has 3 aliphatic heterocycles. The zero-order valence-corrected chi connectivity index (χ0v) is 17.1. The Kier molecular flexibility index (Phi) is 7.53. The number of nitrogens with one attached hydrogen (secondary N) is 2. The summed E-state index contributed by atoms with van der Waals surface area (Å²) in [6, 6.07) is 5.67. The summed E-state index contributed by atoms with van der Waals surface area (Å²) in [5.41, 5.74) is 0.151. The normalized spacial score (nSPS) is 25.5. The van der Waals surface area contributed by atoms with Crippen LogP contribution in [-0.4, -0.2) is 68.1 Å². The molecule has 3 saturated heterocycles. The lowest BCUT2D eigenvalue weighted by Crippen LogP contribution is -2.63. The number of guanidine groups is 1. The van der Waals surface area contributed by atoms with E-state index in [1.54, 1.807) is 7.05 Å². The summed E-state index contributed by atoms with van der Waals surface area (Å²) in [4.78, 5) is 9.16. The first-order valence-corrected chi connectivity index (χ1v) is 8.53. The second-order valence-corrected chi connectivity index (χ2v) is 6.49. The highest BCUT2D eigenvalue weighted by molar-refractivity contribution is 14.0. The van der Waals surface area contributed by atoms with Crippen molar-refractivity contribution >= 4 is 29.9 Å². The van der Waals surface area contributed by atoms with Crippen molar-refractivity contribution in [3.8, 4) is 0 Å². The maximum absolute atomic E-state index is 12.6. The molecular formula is C17H25F3IN5. The highest BCUT2D eigenvalue weighted by Crippen LogP contribution is 2.29. The predicted octanol–water partition coefficient (Wildman–Crippen LogP) is 1.99. The Balaban J connectivity index is 0.00000243. The molecule has 0 amide bonds. The van der Waals surface area contributed by atoms with Crippen LogP contribution in [0.2, 0.25) is 0 Å². The van der Waals surface area contributed by atoms with Gasteiger partial charge in [-0.2, -0.15) is 13.2 Å². The van der Waals surface area contributed by atoms with Crippen molar-refractivity contribution < 1.29 is 13.2 Å². The molecule has 2 N–H and O–H groups in total. The van der Waals surface area contributed by atoms with Gasteiger partial charge in [-0.15, -0.1) is 24.0 Å². The summed E-state index contributed by atoms with van der Waals surface area (Å²) >= 11 is 0. The molecule has 0 radical (unpaired) electrons. The number of aliphatic imine (C=N–C) groups is 1. The van der Waals surface area contributed by atoms with Crippen molar-refractivity contribution in [3.05, 3.63) is 35.4 Å². The zero-order valence-electron chi connectivity index (χ0n) is 14.7. The van der Waals surface area contributed by atoms with E-state index in [2.05, 4.69) is 25.4 Å². The summed E-state index contributed by atoms with van der Waals surface area (Å²) < 4.78 is 37.7. The number of benzene rings is 1. The molecule has 4 rings (SSSR count). The van der Waals surface area contributed by atoms with E-state index in [4.69, 9.17) is 0 Å². The number of hydrogen-bond acceptors (Lipinski definition) is 3. The molecule has 0 aliphatic carbocycles. The summed E-state index contributed by atoms with van der Waals surface area (Å²) in [6.45, 7) is 6.84. The summed E-state index contributed by atoms with van der Waals surface area (Å²) in [5, 5.41) is 6.47. The van der Waals surface area contributed by atoms with Crippen LogP contribution in [0.1, 0.15) is 11.1 Å². The summed E-state index contributed by atoms with van der Waals surface area (Å²) in [5.74, 6) is 0.664. The van der Waals surface area contributed by atoms with E-state index < -0.39 is 11.7 Å². The highest BCUT2D eigenvalue weighted by atomic mass is 127. The molecule has 26 heavy (non-hydrogen) atoms. The quantitative estimate of drug-likeness (QED) is 0.391. The number of alkyl halides is 3. The van der Waals surface area contributed by atoms with Gasteiger partial charge in [-0.1, -0.05) is 12.1 Å². The fourth-order valence-corrected chi connectivity index (χ4v) is 3.35. The average molecular weight is 483 g/mol.